The average molecular weight is 301 g/mol. The molecule has 1 aromatic heterocycles. The molecule has 0 spiro atoms. The molecule has 0 saturated heterocycles. The SMILES string of the molecule is CCNc1cncc(Nc2cc(Cl)c(F)c(Cl)c2)n1. The number of hydrogen-bond donors (Lipinski definition) is 2. The topological polar surface area (TPSA) is 49.8 Å². The normalized spacial score (nSPS) is 10.3. The molecule has 2 rings (SSSR count). The van der Waals surface area contributed by atoms with E-state index in [0.29, 0.717) is 17.3 Å². The summed E-state index contributed by atoms with van der Waals surface area (Å²) in [6, 6.07) is 2.87. The Morgan fingerprint density at radius 2 is 1.79 bits per heavy atom. The summed E-state index contributed by atoms with van der Waals surface area (Å²) in [5.41, 5.74) is 0.541. The van der Waals surface area contributed by atoms with Gasteiger partial charge in [-0.15, -0.1) is 0 Å². The third-order valence-electron chi connectivity index (χ3n) is 2.25. The number of anilines is 3. The first-order valence-electron chi connectivity index (χ1n) is 5.57. The van der Waals surface area contributed by atoms with Crippen molar-refractivity contribution in [2.75, 3.05) is 17.2 Å². The summed E-state index contributed by atoms with van der Waals surface area (Å²) in [5.74, 6) is 0.519. The molecule has 0 saturated carbocycles. The number of rotatable bonds is 4. The lowest BCUT2D eigenvalue weighted by Crippen LogP contribution is -2.02. The highest BCUT2D eigenvalue weighted by atomic mass is 35.5. The number of aromatic nitrogens is 2. The molecule has 7 heteroatoms. The van der Waals surface area contributed by atoms with Crippen LogP contribution in [0.2, 0.25) is 10.0 Å². The second-order valence-corrected chi connectivity index (χ2v) is 4.51. The molecule has 100 valence electrons. The zero-order chi connectivity index (χ0) is 13.8. The Hall–Kier alpha value is -1.59. The van der Waals surface area contributed by atoms with Crippen molar-refractivity contribution in [3.63, 3.8) is 0 Å². The fourth-order valence-electron chi connectivity index (χ4n) is 1.47. The van der Waals surface area contributed by atoms with Gasteiger partial charge >= 0.3 is 0 Å². The molecule has 0 atom stereocenters. The van der Waals surface area contributed by atoms with Crippen LogP contribution in [0.15, 0.2) is 24.5 Å². The monoisotopic (exact) mass is 300 g/mol. The lowest BCUT2D eigenvalue weighted by molar-refractivity contribution is 0.629. The molecule has 2 N–H and O–H groups in total. The van der Waals surface area contributed by atoms with Gasteiger partial charge < -0.3 is 10.6 Å². The minimum absolute atomic E-state index is 0.0502. The van der Waals surface area contributed by atoms with Gasteiger partial charge in [-0.25, -0.2) is 9.37 Å². The smallest absolute Gasteiger partial charge is 0.160 e. The zero-order valence-electron chi connectivity index (χ0n) is 10.0. The van der Waals surface area contributed by atoms with Crippen LogP contribution in [0.5, 0.6) is 0 Å². The van der Waals surface area contributed by atoms with Crippen LogP contribution in [-0.2, 0) is 0 Å². The highest BCUT2D eigenvalue weighted by Gasteiger charge is 2.08. The molecule has 0 radical (unpaired) electrons. The summed E-state index contributed by atoms with van der Waals surface area (Å²) in [7, 11) is 0. The van der Waals surface area contributed by atoms with Gasteiger partial charge in [0.15, 0.2) is 11.6 Å². The van der Waals surface area contributed by atoms with Crippen molar-refractivity contribution >= 4 is 40.5 Å². The molecule has 1 heterocycles. The van der Waals surface area contributed by atoms with Gasteiger partial charge in [0.25, 0.3) is 0 Å². The molecule has 0 aliphatic rings. The van der Waals surface area contributed by atoms with Gasteiger partial charge in [-0.1, -0.05) is 23.2 Å². The molecule has 4 nitrogen and oxygen atoms in total. The average Bonchev–Trinajstić information content (AvgIpc) is 2.37. The largest absolute Gasteiger partial charge is 0.369 e. The highest BCUT2D eigenvalue weighted by molar-refractivity contribution is 6.35. The third kappa shape index (κ3) is 3.45. The zero-order valence-corrected chi connectivity index (χ0v) is 11.6. The van der Waals surface area contributed by atoms with Crippen molar-refractivity contribution in [1.29, 1.82) is 0 Å². The molecular weight excluding hydrogens is 290 g/mol. The number of halogens is 3. The molecule has 0 amide bonds. The Balaban J connectivity index is 2.23. The molecule has 1 aromatic carbocycles. The quantitative estimate of drug-likeness (QED) is 0.835. The predicted molar refractivity (Wildman–Crippen MR) is 75.9 cm³/mol. The molecule has 0 aliphatic heterocycles. The molecule has 2 aromatic rings. The first-order chi connectivity index (χ1) is 9.10. The lowest BCUT2D eigenvalue weighted by atomic mass is 10.3. The van der Waals surface area contributed by atoms with Crippen LogP contribution in [0.25, 0.3) is 0 Å². The Bertz CT molecular complexity index is 569. The van der Waals surface area contributed by atoms with Crippen LogP contribution in [0.3, 0.4) is 0 Å². The highest BCUT2D eigenvalue weighted by Crippen LogP contribution is 2.28. The van der Waals surface area contributed by atoms with E-state index in [1.54, 1.807) is 12.4 Å². The molecule has 0 aliphatic carbocycles. The Kier molecular flexibility index (Phi) is 4.39. The van der Waals surface area contributed by atoms with E-state index in [9.17, 15) is 4.39 Å². The fourth-order valence-corrected chi connectivity index (χ4v) is 1.96. The molecule has 19 heavy (non-hydrogen) atoms. The fraction of sp³-hybridized carbons (Fsp3) is 0.167. The molecular formula is C12H11Cl2FN4. The maximum Gasteiger partial charge on any atom is 0.160 e. The summed E-state index contributed by atoms with van der Waals surface area (Å²) < 4.78 is 13.3. The van der Waals surface area contributed by atoms with Crippen LogP contribution in [0, 0.1) is 5.82 Å². The van der Waals surface area contributed by atoms with E-state index >= 15 is 0 Å². The van der Waals surface area contributed by atoms with E-state index in [0.717, 1.165) is 6.54 Å². The van der Waals surface area contributed by atoms with Gasteiger partial charge in [0.05, 0.1) is 22.4 Å². The summed E-state index contributed by atoms with van der Waals surface area (Å²) in [4.78, 5) is 8.31. The Morgan fingerprint density at radius 1 is 1.16 bits per heavy atom. The van der Waals surface area contributed by atoms with E-state index in [1.165, 1.54) is 12.1 Å². The maximum atomic E-state index is 13.3. The van der Waals surface area contributed by atoms with Gasteiger partial charge in [-0.05, 0) is 19.1 Å². The number of hydrogen-bond acceptors (Lipinski definition) is 4. The van der Waals surface area contributed by atoms with Crippen LogP contribution in [0.4, 0.5) is 21.7 Å². The maximum absolute atomic E-state index is 13.3. The van der Waals surface area contributed by atoms with Crippen LogP contribution < -0.4 is 10.6 Å². The minimum atomic E-state index is -0.638. The first kappa shape index (κ1) is 13.8. The Labute approximate surface area is 120 Å². The van der Waals surface area contributed by atoms with E-state index in [1.807, 2.05) is 6.92 Å². The van der Waals surface area contributed by atoms with Crippen LogP contribution >= 0.6 is 23.2 Å². The second kappa shape index (κ2) is 6.04. The van der Waals surface area contributed by atoms with Crippen LogP contribution in [0.1, 0.15) is 6.92 Å². The number of benzene rings is 1. The van der Waals surface area contributed by atoms with Crippen molar-refractivity contribution in [2.45, 2.75) is 6.92 Å². The summed E-state index contributed by atoms with van der Waals surface area (Å²) in [6.45, 7) is 2.70. The standard InChI is InChI=1S/C12H11Cl2FN4/c1-2-17-10-5-16-6-11(19-10)18-7-3-8(13)12(15)9(14)4-7/h3-6H,2H2,1H3,(H2,17,18,19). The second-order valence-electron chi connectivity index (χ2n) is 3.70. The van der Waals surface area contributed by atoms with Gasteiger partial charge in [-0.3, -0.25) is 4.98 Å². The van der Waals surface area contributed by atoms with Gasteiger partial charge in [0.2, 0.25) is 0 Å². The van der Waals surface area contributed by atoms with Crippen molar-refractivity contribution < 1.29 is 4.39 Å². The van der Waals surface area contributed by atoms with E-state index < -0.39 is 5.82 Å². The summed E-state index contributed by atoms with van der Waals surface area (Å²) in [6.07, 6.45) is 3.16. The molecule has 0 fully saturated rings. The van der Waals surface area contributed by atoms with Crippen molar-refractivity contribution in [2.24, 2.45) is 0 Å². The molecule has 0 bridgehead atoms. The number of nitrogens with one attached hydrogen (secondary N) is 2. The van der Waals surface area contributed by atoms with Crippen molar-refractivity contribution in [3.05, 3.63) is 40.4 Å². The van der Waals surface area contributed by atoms with Crippen LogP contribution in [-0.4, -0.2) is 16.5 Å². The lowest BCUT2D eigenvalue weighted by Gasteiger charge is -2.09. The van der Waals surface area contributed by atoms with E-state index in [-0.39, 0.29) is 10.0 Å². The van der Waals surface area contributed by atoms with Gasteiger partial charge in [0.1, 0.15) is 5.82 Å². The predicted octanol–water partition coefficient (Wildman–Crippen LogP) is 4.10. The van der Waals surface area contributed by atoms with Crippen molar-refractivity contribution in [1.82, 2.24) is 9.97 Å². The van der Waals surface area contributed by atoms with Gasteiger partial charge in [-0.2, -0.15) is 0 Å². The van der Waals surface area contributed by atoms with Crippen molar-refractivity contribution in [3.8, 4) is 0 Å². The third-order valence-corrected chi connectivity index (χ3v) is 2.80. The number of nitrogens with zero attached hydrogens (tertiary/aromatic N) is 2. The summed E-state index contributed by atoms with van der Waals surface area (Å²) >= 11 is 11.4. The minimum Gasteiger partial charge on any atom is -0.369 e. The summed E-state index contributed by atoms with van der Waals surface area (Å²) in [5, 5.41) is 5.90. The molecule has 0 unspecified atom stereocenters. The van der Waals surface area contributed by atoms with E-state index in [2.05, 4.69) is 20.6 Å². The van der Waals surface area contributed by atoms with E-state index in [4.69, 9.17) is 23.2 Å². The van der Waals surface area contributed by atoms with Gasteiger partial charge in [0, 0.05) is 12.2 Å². The Morgan fingerprint density at radius 3 is 2.42 bits per heavy atom. The first-order valence-corrected chi connectivity index (χ1v) is 6.33.